The van der Waals surface area contributed by atoms with E-state index in [2.05, 4.69) is 0 Å². The zero-order valence-corrected chi connectivity index (χ0v) is 10.8. The van der Waals surface area contributed by atoms with Crippen molar-refractivity contribution in [2.45, 2.75) is 19.8 Å². The van der Waals surface area contributed by atoms with Crippen molar-refractivity contribution in [3.63, 3.8) is 0 Å². The van der Waals surface area contributed by atoms with E-state index in [1.54, 1.807) is 24.0 Å². The van der Waals surface area contributed by atoms with Gasteiger partial charge in [-0.05, 0) is 38.0 Å². The molecule has 19 heavy (non-hydrogen) atoms. The van der Waals surface area contributed by atoms with Crippen LogP contribution in [0.5, 0.6) is 5.75 Å². The highest BCUT2D eigenvalue weighted by Gasteiger charge is 2.39. The van der Waals surface area contributed by atoms with Gasteiger partial charge in [-0.3, -0.25) is 9.59 Å². The molecular weight excluding hydrogens is 246 g/mol. The Kier molecular flexibility index (Phi) is 3.46. The molecule has 1 amide bonds. The van der Waals surface area contributed by atoms with E-state index in [9.17, 15) is 19.8 Å². The minimum atomic E-state index is -0.884. The summed E-state index contributed by atoms with van der Waals surface area (Å²) in [5, 5.41) is 18.6. The van der Waals surface area contributed by atoms with Gasteiger partial charge in [-0.15, -0.1) is 0 Å². The van der Waals surface area contributed by atoms with Gasteiger partial charge < -0.3 is 15.1 Å². The van der Waals surface area contributed by atoms with Gasteiger partial charge >= 0.3 is 5.97 Å². The van der Waals surface area contributed by atoms with Crippen molar-refractivity contribution in [3.8, 4) is 5.75 Å². The number of rotatable bonds is 2. The Morgan fingerprint density at radius 1 is 1.37 bits per heavy atom. The molecule has 1 aliphatic rings. The normalized spacial score (nSPS) is 23.1. The van der Waals surface area contributed by atoms with E-state index < -0.39 is 11.4 Å². The van der Waals surface area contributed by atoms with Crippen LogP contribution in [-0.2, 0) is 4.79 Å². The van der Waals surface area contributed by atoms with Gasteiger partial charge in [0, 0.05) is 18.7 Å². The number of piperidine rings is 1. The fourth-order valence-corrected chi connectivity index (χ4v) is 2.41. The molecule has 0 spiro atoms. The Balaban J connectivity index is 2.18. The van der Waals surface area contributed by atoms with E-state index in [1.165, 1.54) is 12.1 Å². The summed E-state index contributed by atoms with van der Waals surface area (Å²) in [5.74, 6) is -1.08. The largest absolute Gasteiger partial charge is 0.508 e. The second kappa shape index (κ2) is 4.91. The minimum Gasteiger partial charge on any atom is -0.508 e. The van der Waals surface area contributed by atoms with Crippen molar-refractivity contribution < 1.29 is 19.8 Å². The molecule has 1 fully saturated rings. The number of aliphatic carboxylic acids is 1. The fourth-order valence-electron chi connectivity index (χ4n) is 2.41. The first-order valence-electron chi connectivity index (χ1n) is 6.24. The van der Waals surface area contributed by atoms with E-state index in [4.69, 9.17) is 0 Å². The lowest BCUT2D eigenvalue weighted by atomic mass is 9.82. The van der Waals surface area contributed by atoms with Crippen LogP contribution < -0.4 is 0 Å². The molecule has 0 bridgehead atoms. The van der Waals surface area contributed by atoms with Crippen LogP contribution in [0.2, 0.25) is 0 Å². The SMILES string of the molecule is CC1(C(=O)O)CCCN(C(=O)c2cccc(O)c2)C1. The number of benzene rings is 1. The Labute approximate surface area is 111 Å². The molecule has 1 heterocycles. The maximum Gasteiger partial charge on any atom is 0.311 e. The lowest BCUT2D eigenvalue weighted by Crippen LogP contribution is -2.48. The molecule has 102 valence electrons. The van der Waals surface area contributed by atoms with Crippen molar-refractivity contribution in [2.24, 2.45) is 5.41 Å². The van der Waals surface area contributed by atoms with E-state index in [0.717, 1.165) is 0 Å². The van der Waals surface area contributed by atoms with Crippen LogP contribution in [0.4, 0.5) is 0 Å². The van der Waals surface area contributed by atoms with Gasteiger partial charge in [-0.1, -0.05) is 6.07 Å². The monoisotopic (exact) mass is 263 g/mol. The highest BCUT2D eigenvalue weighted by atomic mass is 16.4. The van der Waals surface area contributed by atoms with Crippen molar-refractivity contribution in [1.29, 1.82) is 0 Å². The summed E-state index contributed by atoms with van der Waals surface area (Å²) in [6.45, 7) is 2.42. The smallest absolute Gasteiger partial charge is 0.311 e. The molecule has 1 aliphatic heterocycles. The number of carbonyl (C=O) groups is 2. The predicted molar refractivity (Wildman–Crippen MR) is 69.0 cm³/mol. The molecule has 1 saturated heterocycles. The zero-order chi connectivity index (χ0) is 14.0. The number of hydrogen-bond acceptors (Lipinski definition) is 3. The topological polar surface area (TPSA) is 77.8 Å². The summed E-state index contributed by atoms with van der Waals surface area (Å²) in [5.41, 5.74) is -0.500. The molecule has 1 atom stereocenters. The number of hydrogen-bond donors (Lipinski definition) is 2. The Morgan fingerprint density at radius 3 is 2.74 bits per heavy atom. The van der Waals surface area contributed by atoms with Crippen molar-refractivity contribution in [2.75, 3.05) is 13.1 Å². The summed E-state index contributed by atoms with van der Waals surface area (Å²) in [4.78, 5) is 25.1. The van der Waals surface area contributed by atoms with E-state index in [1.807, 2.05) is 0 Å². The number of phenols is 1. The number of aromatic hydroxyl groups is 1. The van der Waals surface area contributed by atoms with Gasteiger partial charge in [-0.25, -0.2) is 0 Å². The summed E-state index contributed by atoms with van der Waals surface area (Å²) in [7, 11) is 0. The van der Waals surface area contributed by atoms with E-state index >= 15 is 0 Å². The number of nitrogens with zero attached hydrogens (tertiary/aromatic N) is 1. The van der Waals surface area contributed by atoms with Crippen molar-refractivity contribution in [3.05, 3.63) is 29.8 Å². The number of carboxylic acid groups (broad SMARTS) is 1. The second-order valence-corrected chi connectivity index (χ2v) is 5.25. The third-order valence-corrected chi connectivity index (χ3v) is 3.59. The number of carboxylic acids is 1. The summed E-state index contributed by atoms with van der Waals surface area (Å²) < 4.78 is 0. The van der Waals surface area contributed by atoms with Gasteiger partial charge in [0.25, 0.3) is 5.91 Å². The molecule has 1 aromatic rings. The maximum atomic E-state index is 12.3. The molecule has 0 aliphatic carbocycles. The zero-order valence-electron chi connectivity index (χ0n) is 10.8. The third kappa shape index (κ3) is 2.70. The number of carbonyl (C=O) groups excluding carboxylic acids is 1. The Hall–Kier alpha value is -2.04. The number of phenolic OH excluding ortho intramolecular Hbond substituents is 1. The summed E-state index contributed by atoms with van der Waals surface area (Å²) in [6, 6.07) is 6.11. The van der Waals surface area contributed by atoms with Crippen LogP contribution >= 0.6 is 0 Å². The highest BCUT2D eigenvalue weighted by Crippen LogP contribution is 2.30. The standard InChI is InChI=1S/C14H17NO4/c1-14(13(18)19)6-3-7-15(9-14)12(17)10-4-2-5-11(16)8-10/h2,4-5,8,16H,3,6-7,9H2,1H3,(H,18,19). The molecule has 2 rings (SSSR count). The van der Waals surface area contributed by atoms with Crippen molar-refractivity contribution >= 4 is 11.9 Å². The lowest BCUT2D eigenvalue weighted by molar-refractivity contribution is -0.150. The predicted octanol–water partition coefficient (Wildman–Crippen LogP) is 1.72. The van der Waals surface area contributed by atoms with E-state index in [-0.39, 0.29) is 18.2 Å². The first kappa shape index (κ1) is 13.4. The van der Waals surface area contributed by atoms with Crippen LogP contribution in [0.3, 0.4) is 0 Å². The molecule has 0 aromatic heterocycles. The summed E-state index contributed by atoms with van der Waals surface area (Å²) >= 11 is 0. The molecule has 5 heteroatoms. The first-order valence-corrected chi connectivity index (χ1v) is 6.24. The molecule has 5 nitrogen and oxygen atoms in total. The first-order chi connectivity index (χ1) is 8.92. The molecule has 1 unspecified atom stereocenters. The van der Waals surface area contributed by atoms with Gasteiger partial charge in [-0.2, -0.15) is 0 Å². The van der Waals surface area contributed by atoms with E-state index in [0.29, 0.717) is 24.9 Å². The number of amides is 1. The lowest BCUT2D eigenvalue weighted by Gasteiger charge is -2.37. The van der Waals surface area contributed by atoms with Crippen LogP contribution in [0.25, 0.3) is 0 Å². The fraction of sp³-hybridized carbons (Fsp3) is 0.429. The molecule has 1 aromatic carbocycles. The third-order valence-electron chi connectivity index (χ3n) is 3.59. The molecule has 0 radical (unpaired) electrons. The van der Waals surface area contributed by atoms with Gasteiger partial charge in [0.2, 0.25) is 0 Å². The van der Waals surface area contributed by atoms with Crippen LogP contribution in [-0.4, -0.2) is 40.1 Å². The molecular formula is C14H17NO4. The van der Waals surface area contributed by atoms with Gasteiger partial charge in [0.05, 0.1) is 5.41 Å². The molecule has 2 N–H and O–H groups in total. The van der Waals surface area contributed by atoms with Crippen LogP contribution in [0.1, 0.15) is 30.1 Å². The quantitative estimate of drug-likeness (QED) is 0.851. The summed E-state index contributed by atoms with van der Waals surface area (Å²) in [6.07, 6.45) is 1.25. The average molecular weight is 263 g/mol. The van der Waals surface area contributed by atoms with Crippen LogP contribution in [0, 0.1) is 5.41 Å². The average Bonchev–Trinajstić information content (AvgIpc) is 2.38. The van der Waals surface area contributed by atoms with Gasteiger partial charge in [0.1, 0.15) is 5.75 Å². The van der Waals surface area contributed by atoms with Crippen molar-refractivity contribution in [1.82, 2.24) is 4.90 Å². The number of likely N-dealkylation sites (tertiary alicyclic amines) is 1. The van der Waals surface area contributed by atoms with Gasteiger partial charge in [0.15, 0.2) is 0 Å². The second-order valence-electron chi connectivity index (χ2n) is 5.25. The Bertz CT molecular complexity index is 514. The Morgan fingerprint density at radius 2 is 2.11 bits per heavy atom. The highest BCUT2D eigenvalue weighted by molar-refractivity contribution is 5.95. The maximum absolute atomic E-state index is 12.3. The molecule has 0 saturated carbocycles. The minimum absolute atomic E-state index is 0.0313. The van der Waals surface area contributed by atoms with Crippen LogP contribution in [0.15, 0.2) is 24.3 Å².